The first kappa shape index (κ1) is 18.4. The molecule has 1 fully saturated rings. The largest absolute Gasteiger partial charge is 0.481 e. The van der Waals surface area contributed by atoms with Crippen LogP contribution in [0.2, 0.25) is 0 Å². The van der Waals surface area contributed by atoms with Gasteiger partial charge in [-0.1, -0.05) is 25.8 Å². The number of amides is 1. The summed E-state index contributed by atoms with van der Waals surface area (Å²) in [6, 6.07) is 4.52. The molecule has 0 unspecified atom stereocenters. The van der Waals surface area contributed by atoms with E-state index in [-0.39, 0.29) is 11.3 Å². The number of aliphatic carboxylic acids is 1. The maximum atomic E-state index is 12.7. The number of aryl methyl sites for hydroxylation is 1. The molecule has 2 rings (SSSR count). The van der Waals surface area contributed by atoms with Gasteiger partial charge in [0, 0.05) is 11.8 Å². The molecule has 0 bridgehead atoms. The van der Waals surface area contributed by atoms with E-state index in [9.17, 15) is 18.0 Å². The molecular formula is C17H23NO5S. The van der Waals surface area contributed by atoms with Gasteiger partial charge in [-0.15, -0.1) is 0 Å². The van der Waals surface area contributed by atoms with Gasteiger partial charge < -0.3 is 10.4 Å². The van der Waals surface area contributed by atoms with E-state index in [1.165, 1.54) is 12.1 Å². The van der Waals surface area contributed by atoms with E-state index in [1.54, 1.807) is 6.07 Å². The van der Waals surface area contributed by atoms with E-state index in [4.69, 9.17) is 5.11 Å². The van der Waals surface area contributed by atoms with E-state index in [2.05, 4.69) is 5.32 Å². The first-order valence-electron chi connectivity index (χ1n) is 8.04. The fourth-order valence-corrected chi connectivity index (χ4v) is 3.95. The summed E-state index contributed by atoms with van der Waals surface area (Å²) in [7, 11) is -3.42. The Bertz CT molecular complexity index is 748. The van der Waals surface area contributed by atoms with E-state index >= 15 is 0 Å². The maximum Gasteiger partial charge on any atom is 0.305 e. The Morgan fingerprint density at radius 2 is 1.88 bits per heavy atom. The lowest BCUT2D eigenvalue weighted by Crippen LogP contribution is -2.48. The third-order valence-corrected chi connectivity index (χ3v) is 5.67. The van der Waals surface area contributed by atoms with Gasteiger partial charge in [-0.3, -0.25) is 9.59 Å². The van der Waals surface area contributed by atoms with Gasteiger partial charge in [0.15, 0.2) is 9.84 Å². The van der Waals surface area contributed by atoms with Gasteiger partial charge in [-0.2, -0.15) is 0 Å². The molecule has 7 heteroatoms. The van der Waals surface area contributed by atoms with Gasteiger partial charge >= 0.3 is 5.97 Å². The fraction of sp³-hybridized carbons (Fsp3) is 0.529. The number of sulfone groups is 1. The zero-order valence-electron chi connectivity index (χ0n) is 14.0. The molecule has 1 aliphatic carbocycles. The Balaban J connectivity index is 2.36. The van der Waals surface area contributed by atoms with Crippen molar-refractivity contribution >= 4 is 21.7 Å². The SMILES string of the molecule is CCc1ccc(S(C)(=O)=O)cc1C(=O)NC1(CC(=O)O)CCCC1. The zero-order valence-corrected chi connectivity index (χ0v) is 14.8. The number of carboxylic acid groups (broad SMARTS) is 1. The smallest absolute Gasteiger partial charge is 0.305 e. The Morgan fingerprint density at radius 1 is 1.25 bits per heavy atom. The highest BCUT2D eigenvalue weighted by Gasteiger charge is 2.38. The predicted molar refractivity (Wildman–Crippen MR) is 89.8 cm³/mol. The van der Waals surface area contributed by atoms with Crippen LogP contribution in [0.15, 0.2) is 23.1 Å². The molecule has 1 amide bonds. The van der Waals surface area contributed by atoms with E-state index in [1.807, 2.05) is 6.92 Å². The Kier molecular flexibility index (Phi) is 5.32. The molecule has 0 spiro atoms. The predicted octanol–water partition coefficient (Wildman–Crippen LogP) is 2.17. The molecule has 1 aromatic rings. The first-order valence-corrected chi connectivity index (χ1v) is 9.93. The molecule has 1 aromatic carbocycles. The first-order chi connectivity index (χ1) is 11.2. The van der Waals surface area contributed by atoms with Crippen LogP contribution >= 0.6 is 0 Å². The highest BCUT2D eigenvalue weighted by atomic mass is 32.2. The minimum Gasteiger partial charge on any atom is -0.481 e. The number of benzene rings is 1. The Hall–Kier alpha value is -1.89. The van der Waals surface area contributed by atoms with Crippen LogP contribution in [0.25, 0.3) is 0 Å². The van der Waals surface area contributed by atoms with Crippen LogP contribution in [0.4, 0.5) is 0 Å². The fourth-order valence-electron chi connectivity index (χ4n) is 3.30. The van der Waals surface area contributed by atoms with Crippen LogP contribution in [0.5, 0.6) is 0 Å². The molecule has 0 saturated heterocycles. The molecule has 0 aromatic heterocycles. The summed E-state index contributed by atoms with van der Waals surface area (Å²) in [4.78, 5) is 24.0. The van der Waals surface area contributed by atoms with Gasteiger partial charge in [-0.05, 0) is 37.0 Å². The number of carboxylic acids is 1. The summed E-state index contributed by atoms with van der Waals surface area (Å²) < 4.78 is 23.5. The Labute approximate surface area is 142 Å². The second kappa shape index (κ2) is 6.93. The van der Waals surface area contributed by atoms with Crippen LogP contribution in [0.3, 0.4) is 0 Å². The quantitative estimate of drug-likeness (QED) is 0.816. The molecule has 6 nitrogen and oxygen atoms in total. The summed E-state index contributed by atoms with van der Waals surface area (Å²) in [6.45, 7) is 1.88. The number of hydrogen-bond donors (Lipinski definition) is 2. The number of nitrogens with one attached hydrogen (secondary N) is 1. The summed E-state index contributed by atoms with van der Waals surface area (Å²) in [5.41, 5.74) is 0.301. The second-order valence-electron chi connectivity index (χ2n) is 6.46. The highest BCUT2D eigenvalue weighted by Crippen LogP contribution is 2.33. The van der Waals surface area contributed by atoms with Crippen molar-refractivity contribution in [2.45, 2.75) is 55.9 Å². The van der Waals surface area contributed by atoms with Crippen molar-refractivity contribution in [3.8, 4) is 0 Å². The molecular weight excluding hydrogens is 330 g/mol. The molecule has 0 aliphatic heterocycles. The standard InChI is InChI=1S/C17H23NO5S/c1-3-12-6-7-13(24(2,22)23)10-14(12)16(21)18-17(11-15(19)20)8-4-5-9-17/h6-7,10H,3-5,8-9,11H2,1-2H3,(H,18,21)(H,19,20). The van der Waals surface area contributed by atoms with Crippen molar-refractivity contribution in [2.75, 3.05) is 6.26 Å². The lowest BCUT2D eigenvalue weighted by molar-refractivity contribution is -0.138. The molecule has 2 N–H and O–H groups in total. The monoisotopic (exact) mass is 353 g/mol. The van der Waals surface area contributed by atoms with Crippen molar-refractivity contribution in [1.29, 1.82) is 0 Å². The number of hydrogen-bond acceptors (Lipinski definition) is 4. The van der Waals surface area contributed by atoms with E-state index in [0.29, 0.717) is 24.8 Å². The second-order valence-corrected chi connectivity index (χ2v) is 8.47. The minimum atomic E-state index is -3.42. The minimum absolute atomic E-state index is 0.0866. The van der Waals surface area contributed by atoms with Crippen LogP contribution < -0.4 is 5.32 Å². The lowest BCUT2D eigenvalue weighted by atomic mass is 9.92. The summed E-state index contributed by atoms with van der Waals surface area (Å²) in [5, 5.41) is 12.0. The lowest BCUT2D eigenvalue weighted by Gasteiger charge is -2.29. The third kappa shape index (κ3) is 4.14. The molecule has 24 heavy (non-hydrogen) atoms. The third-order valence-electron chi connectivity index (χ3n) is 4.56. The Morgan fingerprint density at radius 3 is 2.38 bits per heavy atom. The number of carbonyl (C=O) groups is 2. The van der Waals surface area contributed by atoms with Crippen LogP contribution in [0, 0.1) is 0 Å². The molecule has 1 saturated carbocycles. The van der Waals surface area contributed by atoms with Crippen molar-refractivity contribution in [3.05, 3.63) is 29.3 Å². The summed E-state index contributed by atoms with van der Waals surface area (Å²) in [6.07, 6.45) is 4.55. The van der Waals surface area contributed by atoms with Gasteiger partial charge in [0.1, 0.15) is 0 Å². The molecule has 132 valence electrons. The molecule has 0 heterocycles. The highest BCUT2D eigenvalue weighted by molar-refractivity contribution is 7.90. The van der Waals surface area contributed by atoms with Gasteiger partial charge in [0.25, 0.3) is 5.91 Å². The van der Waals surface area contributed by atoms with Crippen molar-refractivity contribution in [2.24, 2.45) is 0 Å². The maximum absolute atomic E-state index is 12.7. The van der Waals surface area contributed by atoms with Gasteiger partial charge in [0.05, 0.1) is 16.9 Å². The molecule has 0 atom stereocenters. The van der Waals surface area contributed by atoms with Crippen molar-refractivity contribution < 1.29 is 23.1 Å². The topological polar surface area (TPSA) is 101 Å². The average molecular weight is 353 g/mol. The van der Waals surface area contributed by atoms with Crippen molar-refractivity contribution in [1.82, 2.24) is 5.32 Å². The van der Waals surface area contributed by atoms with Crippen LogP contribution in [0.1, 0.15) is 54.9 Å². The van der Waals surface area contributed by atoms with E-state index in [0.717, 1.165) is 24.7 Å². The number of carbonyl (C=O) groups excluding carboxylic acids is 1. The average Bonchev–Trinajstić information content (AvgIpc) is 2.92. The van der Waals surface area contributed by atoms with Crippen molar-refractivity contribution in [3.63, 3.8) is 0 Å². The van der Waals surface area contributed by atoms with Gasteiger partial charge in [0.2, 0.25) is 0 Å². The normalized spacial score (nSPS) is 16.8. The van der Waals surface area contributed by atoms with Gasteiger partial charge in [-0.25, -0.2) is 8.42 Å². The van der Waals surface area contributed by atoms with E-state index < -0.39 is 27.3 Å². The zero-order chi connectivity index (χ0) is 18.0. The summed E-state index contributed by atoms with van der Waals surface area (Å²) >= 11 is 0. The van der Waals surface area contributed by atoms with Crippen LogP contribution in [-0.2, 0) is 21.1 Å². The van der Waals surface area contributed by atoms with Crippen LogP contribution in [-0.4, -0.2) is 37.2 Å². The molecule has 1 aliphatic rings. The molecule has 0 radical (unpaired) electrons. The number of rotatable bonds is 6. The summed E-state index contributed by atoms with van der Waals surface area (Å²) in [5.74, 6) is -1.35.